The zero-order chi connectivity index (χ0) is 10.6. The quantitative estimate of drug-likeness (QED) is 0.668. The molecule has 1 saturated carbocycles. The van der Waals surface area contributed by atoms with Crippen molar-refractivity contribution >= 4 is 0 Å². The zero-order valence-electron chi connectivity index (χ0n) is 9.75. The first-order valence-electron chi connectivity index (χ1n) is 5.60. The van der Waals surface area contributed by atoms with Crippen molar-refractivity contribution in [3.8, 4) is 0 Å². The summed E-state index contributed by atoms with van der Waals surface area (Å²) in [5, 5.41) is 0. The van der Waals surface area contributed by atoms with Crippen molar-refractivity contribution in [1.29, 1.82) is 0 Å². The van der Waals surface area contributed by atoms with Gasteiger partial charge < -0.3 is 10.5 Å². The molecule has 0 bridgehead atoms. The largest absolute Gasteiger partial charge is 0.383 e. The summed E-state index contributed by atoms with van der Waals surface area (Å²) >= 11 is 0. The first-order valence-corrected chi connectivity index (χ1v) is 5.60. The van der Waals surface area contributed by atoms with Crippen molar-refractivity contribution in [2.45, 2.75) is 32.7 Å². The maximum Gasteiger partial charge on any atom is 0.0615 e. The number of ether oxygens (including phenoxy) is 1. The molecule has 1 fully saturated rings. The molecule has 0 aromatic rings. The topological polar surface area (TPSA) is 38.5 Å². The number of methoxy groups -OCH3 is 1. The molecule has 1 rings (SSSR count). The van der Waals surface area contributed by atoms with Gasteiger partial charge in [0, 0.05) is 19.7 Å². The van der Waals surface area contributed by atoms with Gasteiger partial charge in [-0.3, -0.25) is 4.90 Å². The van der Waals surface area contributed by atoms with Crippen LogP contribution >= 0.6 is 0 Å². The molecule has 3 nitrogen and oxygen atoms in total. The fraction of sp³-hybridized carbons (Fsp3) is 1.00. The van der Waals surface area contributed by atoms with Crippen LogP contribution in [-0.2, 0) is 4.74 Å². The summed E-state index contributed by atoms with van der Waals surface area (Å²) in [6.45, 7) is 8.31. The van der Waals surface area contributed by atoms with E-state index in [1.807, 2.05) is 0 Å². The molecule has 1 aliphatic rings. The molecule has 3 heteroatoms. The van der Waals surface area contributed by atoms with Gasteiger partial charge in [0.05, 0.1) is 6.61 Å². The van der Waals surface area contributed by atoms with Crippen molar-refractivity contribution < 1.29 is 4.74 Å². The van der Waals surface area contributed by atoms with Gasteiger partial charge in [-0.25, -0.2) is 0 Å². The van der Waals surface area contributed by atoms with E-state index in [1.165, 1.54) is 12.8 Å². The molecule has 14 heavy (non-hydrogen) atoms. The van der Waals surface area contributed by atoms with E-state index in [4.69, 9.17) is 10.5 Å². The Morgan fingerprint density at radius 2 is 2.14 bits per heavy atom. The van der Waals surface area contributed by atoms with Crippen LogP contribution in [0.15, 0.2) is 0 Å². The van der Waals surface area contributed by atoms with Crippen LogP contribution in [0.2, 0.25) is 0 Å². The van der Waals surface area contributed by atoms with E-state index >= 15 is 0 Å². The summed E-state index contributed by atoms with van der Waals surface area (Å²) in [6, 6.07) is 0.508. The molecule has 0 amide bonds. The van der Waals surface area contributed by atoms with Gasteiger partial charge in [0.2, 0.25) is 0 Å². The van der Waals surface area contributed by atoms with E-state index in [1.54, 1.807) is 7.11 Å². The standard InChI is InChI=1S/C11H24N2O/c1-4-13(10(2)7-14-3)9-11(8-12)5-6-11/h10H,4-9,12H2,1-3H3. The lowest BCUT2D eigenvalue weighted by atomic mass is 10.1. The smallest absolute Gasteiger partial charge is 0.0615 e. The molecule has 0 radical (unpaired) electrons. The van der Waals surface area contributed by atoms with Crippen molar-refractivity contribution in [2.24, 2.45) is 11.1 Å². The van der Waals surface area contributed by atoms with Crippen LogP contribution < -0.4 is 5.73 Å². The Labute approximate surface area is 87.6 Å². The molecule has 0 spiro atoms. The number of hydrogen-bond donors (Lipinski definition) is 1. The molecule has 1 atom stereocenters. The van der Waals surface area contributed by atoms with Gasteiger partial charge in [-0.1, -0.05) is 6.92 Å². The van der Waals surface area contributed by atoms with E-state index in [0.717, 1.165) is 26.2 Å². The zero-order valence-corrected chi connectivity index (χ0v) is 9.75. The Bertz CT molecular complexity index is 169. The number of hydrogen-bond acceptors (Lipinski definition) is 3. The highest BCUT2D eigenvalue weighted by atomic mass is 16.5. The van der Waals surface area contributed by atoms with E-state index in [9.17, 15) is 0 Å². The maximum atomic E-state index is 5.79. The van der Waals surface area contributed by atoms with Crippen molar-refractivity contribution in [1.82, 2.24) is 4.90 Å². The Hall–Kier alpha value is -0.120. The van der Waals surface area contributed by atoms with Crippen molar-refractivity contribution in [3.05, 3.63) is 0 Å². The van der Waals surface area contributed by atoms with Crippen LogP contribution in [0.25, 0.3) is 0 Å². The summed E-state index contributed by atoms with van der Waals surface area (Å²) in [6.07, 6.45) is 2.61. The van der Waals surface area contributed by atoms with Gasteiger partial charge in [-0.05, 0) is 38.3 Å². The predicted octanol–water partition coefficient (Wildman–Crippen LogP) is 1.08. The van der Waals surface area contributed by atoms with Gasteiger partial charge in [-0.2, -0.15) is 0 Å². The van der Waals surface area contributed by atoms with Gasteiger partial charge in [0.1, 0.15) is 0 Å². The number of nitrogens with zero attached hydrogens (tertiary/aromatic N) is 1. The second kappa shape index (κ2) is 5.10. The fourth-order valence-corrected chi connectivity index (χ4v) is 1.96. The van der Waals surface area contributed by atoms with Gasteiger partial charge in [0.15, 0.2) is 0 Å². The van der Waals surface area contributed by atoms with E-state index in [2.05, 4.69) is 18.7 Å². The number of likely N-dealkylation sites (N-methyl/N-ethyl adjacent to an activating group) is 1. The molecule has 0 aromatic carbocycles. The highest BCUT2D eigenvalue weighted by Gasteiger charge is 2.42. The minimum absolute atomic E-state index is 0.442. The first-order chi connectivity index (χ1) is 6.67. The van der Waals surface area contributed by atoms with E-state index < -0.39 is 0 Å². The van der Waals surface area contributed by atoms with Gasteiger partial charge in [-0.15, -0.1) is 0 Å². The lowest BCUT2D eigenvalue weighted by molar-refractivity contribution is 0.0890. The average Bonchev–Trinajstić information content (AvgIpc) is 2.95. The molecule has 1 aliphatic carbocycles. The lowest BCUT2D eigenvalue weighted by Gasteiger charge is -2.30. The fourth-order valence-electron chi connectivity index (χ4n) is 1.96. The molecule has 84 valence electrons. The molecular weight excluding hydrogens is 176 g/mol. The van der Waals surface area contributed by atoms with Gasteiger partial charge >= 0.3 is 0 Å². The number of rotatable bonds is 7. The van der Waals surface area contributed by atoms with Crippen molar-refractivity contribution in [3.63, 3.8) is 0 Å². The van der Waals surface area contributed by atoms with Crippen LogP contribution in [0.4, 0.5) is 0 Å². The summed E-state index contributed by atoms with van der Waals surface area (Å²) < 4.78 is 5.18. The number of nitrogens with two attached hydrogens (primary N) is 1. The van der Waals surface area contributed by atoms with Crippen LogP contribution in [0.5, 0.6) is 0 Å². The molecular formula is C11H24N2O. The monoisotopic (exact) mass is 200 g/mol. The minimum atomic E-state index is 0.442. The highest BCUT2D eigenvalue weighted by molar-refractivity contribution is 4.96. The SMILES string of the molecule is CCN(CC1(CN)CC1)C(C)COC. The second-order valence-electron chi connectivity index (χ2n) is 4.57. The normalized spacial score (nSPS) is 21.2. The molecule has 1 unspecified atom stereocenters. The van der Waals surface area contributed by atoms with Crippen LogP contribution in [-0.4, -0.2) is 44.3 Å². The Morgan fingerprint density at radius 1 is 1.50 bits per heavy atom. The first kappa shape index (κ1) is 12.0. The molecule has 0 aliphatic heterocycles. The maximum absolute atomic E-state index is 5.79. The Balaban J connectivity index is 2.38. The van der Waals surface area contributed by atoms with Gasteiger partial charge in [0.25, 0.3) is 0 Å². The summed E-state index contributed by atoms with van der Waals surface area (Å²) in [5.74, 6) is 0. The Morgan fingerprint density at radius 3 is 2.50 bits per heavy atom. The predicted molar refractivity (Wildman–Crippen MR) is 59.3 cm³/mol. The average molecular weight is 200 g/mol. The molecule has 0 saturated heterocycles. The van der Waals surface area contributed by atoms with Crippen LogP contribution in [0.1, 0.15) is 26.7 Å². The third kappa shape index (κ3) is 2.94. The molecule has 0 heterocycles. The molecule has 0 aromatic heterocycles. The Kier molecular flexibility index (Phi) is 4.35. The van der Waals surface area contributed by atoms with E-state index in [0.29, 0.717) is 11.5 Å². The summed E-state index contributed by atoms with van der Waals surface area (Å²) in [4.78, 5) is 2.48. The van der Waals surface area contributed by atoms with Crippen LogP contribution in [0.3, 0.4) is 0 Å². The van der Waals surface area contributed by atoms with E-state index in [-0.39, 0.29) is 0 Å². The third-order valence-electron chi connectivity index (χ3n) is 3.37. The second-order valence-corrected chi connectivity index (χ2v) is 4.57. The highest BCUT2D eigenvalue weighted by Crippen LogP contribution is 2.45. The summed E-state index contributed by atoms with van der Waals surface area (Å²) in [5.41, 5.74) is 6.23. The lowest BCUT2D eigenvalue weighted by Crippen LogP contribution is -2.41. The minimum Gasteiger partial charge on any atom is -0.383 e. The third-order valence-corrected chi connectivity index (χ3v) is 3.37. The molecule has 2 N–H and O–H groups in total. The van der Waals surface area contributed by atoms with Crippen LogP contribution in [0, 0.1) is 5.41 Å². The van der Waals surface area contributed by atoms with Crippen molar-refractivity contribution in [2.75, 3.05) is 33.4 Å². The summed E-state index contributed by atoms with van der Waals surface area (Å²) in [7, 11) is 1.76.